The van der Waals surface area contributed by atoms with E-state index in [1.807, 2.05) is 30.3 Å². The standard InChI is InChI=1S/C18H24O5S/c1-13(19)24-12-14(18(20)21)11-22-15-7-9-17(10-8-15)23-16-5-3-2-4-6-16/h2-6,14-15,17H,7-12H2,1H3,(H,20,21). The van der Waals surface area contributed by atoms with Gasteiger partial charge in [0, 0.05) is 12.7 Å². The fourth-order valence-corrected chi connectivity index (χ4v) is 3.34. The molecule has 1 saturated carbocycles. The quantitative estimate of drug-likeness (QED) is 0.773. The van der Waals surface area contributed by atoms with Crippen molar-refractivity contribution in [2.45, 2.75) is 44.8 Å². The van der Waals surface area contributed by atoms with Crippen LogP contribution in [-0.2, 0) is 14.3 Å². The van der Waals surface area contributed by atoms with Gasteiger partial charge in [-0.25, -0.2) is 0 Å². The van der Waals surface area contributed by atoms with Crippen molar-refractivity contribution < 1.29 is 24.2 Å². The van der Waals surface area contributed by atoms with Gasteiger partial charge in [0.25, 0.3) is 0 Å². The third kappa shape index (κ3) is 6.53. The van der Waals surface area contributed by atoms with Crippen molar-refractivity contribution in [1.29, 1.82) is 0 Å². The van der Waals surface area contributed by atoms with Gasteiger partial charge in [-0.1, -0.05) is 30.0 Å². The van der Waals surface area contributed by atoms with Crippen LogP contribution in [0.25, 0.3) is 0 Å². The maximum absolute atomic E-state index is 11.2. The van der Waals surface area contributed by atoms with Crippen molar-refractivity contribution in [3.63, 3.8) is 0 Å². The van der Waals surface area contributed by atoms with Gasteiger partial charge < -0.3 is 14.6 Å². The van der Waals surface area contributed by atoms with Crippen LogP contribution in [0.15, 0.2) is 30.3 Å². The number of hydrogen-bond acceptors (Lipinski definition) is 5. The molecule has 5 nitrogen and oxygen atoms in total. The summed E-state index contributed by atoms with van der Waals surface area (Å²) in [4.78, 5) is 22.2. The van der Waals surface area contributed by atoms with Crippen molar-refractivity contribution >= 4 is 22.8 Å². The van der Waals surface area contributed by atoms with Crippen LogP contribution in [-0.4, -0.2) is 40.8 Å². The minimum Gasteiger partial charge on any atom is -0.490 e. The third-order valence-electron chi connectivity index (χ3n) is 4.04. The smallest absolute Gasteiger partial charge is 0.309 e. The lowest BCUT2D eigenvalue weighted by Gasteiger charge is -2.29. The molecule has 1 N–H and O–H groups in total. The monoisotopic (exact) mass is 352 g/mol. The summed E-state index contributed by atoms with van der Waals surface area (Å²) in [5, 5.41) is 9.13. The molecule has 132 valence electrons. The Kier molecular flexibility index (Phi) is 7.59. The zero-order valence-electron chi connectivity index (χ0n) is 13.8. The number of thioether (sulfide) groups is 1. The first kappa shape index (κ1) is 18.8. The molecule has 0 radical (unpaired) electrons. The number of aliphatic carboxylic acids is 1. The van der Waals surface area contributed by atoms with Crippen LogP contribution in [0.3, 0.4) is 0 Å². The SMILES string of the molecule is CC(=O)SCC(COC1CCC(Oc2ccccc2)CC1)C(=O)O. The summed E-state index contributed by atoms with van der Waals surface area (Å²) in [6, 6.07) is 9.77. The predicted molar refractivity (Wildman–Crippen MR) is 93.3 cm³/mol. The first-order valence-corrected chi connectivity index (χ1v) is 9.22. The number of ether oxygens (including phenoxy) is 2. The van der Waals surface area contributed by atoms with Gasteiger partial charge in [0.05, 0.1) is 24.7 Å². The second kappa shape index (κ2) is 9.69. The Morgan fingerprint density at radius 1 is 1.17 bits per heavy atom. The van der Waals surface area contributed by atoms with E-state index >= 15 is 0 Å². The van der Waals surface area contributed by atoms with Crippen molar-refractivity contribution in [3.8, 4) is 5.75 Å². The number of rotatable bonds is 8. The molecule has 24 heavy (non-hydrogen) atoms. The first-order valence-electron chi connectivity index (χ1n) is 8.24. The van der Waals surface area contributed by atoms with E-state index in [9.17, 15) is 14.7 Å². The number of carbonyl (C=O) groups is 2. The molecule has 0 spiro atoms. The topological polar surface area (TPSA) is 72.8 Å². The summed E-state index contributed by atoms with van der Waals surface area (Å²) in [5.74, 6) is -0.409. The van der Waals surface area contributed by atoms with Gasteiger partial charge in [0.1, 0.15) is 5.75 Å². The highest BCUT2D eigenvalue weighted by molar-refractivity contribution is 8.13. The average Bonchev–Trinajstić information content (AvgIpc) is 2.56. The number of carbonyl (C=O) groups excluding carboxylic acids is 1. The molecular formula is C18H24O5S. The van der Waals surface area contributed by atoms with E-state index in [-0.39, 0.29) is 29.7 Å². The molecule has 1 aliphatic carbocycles. The van der Waals surface area contributed by atoms with Gasteiger partial charge in [0.15, 0.2) is 5.12 Å². The Labute approximate surface area is 146 Å². The van der Waals surface area contributed by atoms with Crippen molar-refractivity contribution in [1.82, 2.24) is 0 Å². The number of carboxylic acids is 1. The van der Waals surface area contributed by atoms with Crippen molar-refractivity contribution in [3.05, 3.63) is 30.3 Å². The first-order chi connectivity index (χ1) is 11.5. The second-order valence-corrected chi connectivity index (χ2v) is 7.20. The zero-order chi connectivity index (χ0) is 17.4. The van der Waals surface area contributed by atoms with Crippen LogP contribution in [0.2, 0.25) is 0 Å². The van der Waals surface area contributed by atoms with Crippen LogP contribution in [0.4, 0.5) is 0 Å². The molecule has 0 amide bonds. The van der Waals surface area contributed by atoms with Gasteiger partial charge >= 0.3 is 5.97 Å². The van der Waals surface area contributed by atoms with E-state index < -0.39 is 11.9 Å². The summed E-state index contributed by atoms with van der Waals surface area (Å²) in [6.07, 6.45) is 3.80. The van der Waals surface area contributed by atoms with E-state index in [4.69, 9.17) is 9.47 Å². The van der Waals surface area contributed by atoms with Gasteiger partial charge in [-0.05, 0) is 37.8 Å². The highest BCUT2D eigenvalue weighted by atomic mass is 32.2. The summed E-state index contributed by atoms with van der Waals surface area (Å²) >= 11 is 1.04. The zero-order valence-corrected chi connectivity index (χ0v) is 14.7. The molecule has 0 saturated heterocycles. The molecule has 0 heterocycles. The molecule has 1 unspecified atom stereocenters. The van der Waals surface area contributed by atoms with Crippen LogP contribution in [0, 0.1) is 5.92 Å². The van der Waals surface area contributed by atoms with E-state index in [2.05, 4.69) is 0 Å². The van der Waals surface area contributed by atoms with E-state index in [0.29, 0.717) is 0 Å². The second-order valence-electron chi connectivity index (χ2n) is 6.00. The Bertz CT molecular complexity index is 525. The minimum absolute atomic E-state index is 0.0696. The lowest BCUT2D eigenvalue weighted by molar-refractivity contribution is -0.144. The largest absolute Gasteiger partial charge is 0.490 e. The molecule has 6 heteroatoms. The van der Waals surface area contributed by atoms with Gasteiger partial charge in [-0.3, -0.25) is 9.59 Å². The normalized spacial score (nSPS) is 21.9. The maximum atomic E-state index is 11.2. The van der Waals surface area contributed by atoms with Gasteiger partial charge in [-0.15, -0.1) is 0 Å². The predicted octanol–water partition coefficient (Wildman–Crippen LogP) is 3.37. The van der Waals surface area contributed by atoms with E-state index in [0.717, 1.165) is 43.2 Å². The number of benzene rings is 1. The highest BCUT2D eigenvalue weighted by Gasteiger charge is 2.25. The van der Waals surface area contributed by atoms with Crippen LogP contribution in [0.5, 0.6) is 5.75 Å². The molecule has 0 bridgehead atoms. The highest BCUT2D eigenvalue weighted by Crippen LogP contribution is 2.26. The lowest BCUT2D eigenvalue weighted by Crippen LogP contribution is -2.31. The van der Waals surface area contributed by atoms with Gasteiger partial charge in [-0.2, -0.15) is 0 Å². The maximum Gasteiger partial charge on any atom is 0.309 e. The molecule has 1 aromatic rings. The molecule has 2 rings (SSSR count). The van der Waals surface area contributed by atoms with Crippen LogP contribution in [0.1, 0.15) is 32.6 Å². The number of carboxylic acid groups (broad SMARTS) is 1. The van der Waals surface area contributed by atoms with E-state index in [1.165, 1.54) is 6.92 Å². The Morgan fingerprint density at radius 2 is 1.79 bits per heavy atom. The molecule has 1 fully saturated rings. The summed E-state index contributed by atoms with van der Waals surface area (Å²) in [5.41, 5.74) is 0. The summed E-state index contributed by atoms with van der Waals surface area (Å²) in [6.45, 7) is 1.60. The molecule has 1 atom stereocenters. The third-order valence-corrected chi connectivity index (χ3v) is 5.01. The van der Waals surface area contributed by atoms with E-state index in [1.54, 1.807) is 0 Å². The Hall–Kier alpha value is -1.53. The lowest BCUT2D eigenvalue weighted by atomic mass is 9.95. The minimum atomic E-state index is -0.912. The fourth-order valence-electron chi connectivity index (χ4n) is 2.67. The molecule has 1 aromatic carbocycles. The Balaban J connectivity index is 1.70. The van der Waals surface area contributed by atoms with Crippen LogP contribution < -0.4 is 4.74 Å². The van der Waals surface area contributed by atoms with Crippen molar-refractivity contribution in [2.24, 2.45) is 5.92 Å². The molecule has 0 aliphatic heterocycles. The summed E-state index contributed by atoms with van der Waals surface area (Å²) in [7, 11) is 0. The van der Waals surface area contributed by atoms with Gasteiger partial charge in [0.2, 0.25) is 0 Å². The number of hydrogen-bond donors (Lipinski definition) is 1. The van der Waals surface area contributed by atoms with Crippen LogP contribution >= 0.6 is 11.8 Å². The Morgan fingerprint density at radius 3 is 2.38 bits per heavy atom. The molecule has 0 aromatic heterocycles. The summed E-state index contributed by atoms with van der Waals surface area (Å²) < 4.78 is 11.7. The molecule has 1 aliphatic rings. The average molecular weight is 352 g/mol. The molecular weight excluding hydrogens is 328 g/mol. The number of para-hydroxylation sites is 1. The van der Waals surface area contributed by atoms with Crippen molar-refractivity contribution in [2.75, 3.05) is 12.4 Å². The fraction of sp³-hybridized carbons (Fsp3) is 0.556.